The van der Waals surface area contributed by atoms with Crippen molar-refractivity contribution < 1.29 is 4.79 Å². The first-order valence-electron chi connectivity index (χ1n) is 9.79. The summed E-state index contributed by atoms with van der Waals surface area (Å²) in [6.45, 7) is 0.686. The number of urea groups is 1. The molecule has 0 aliphatic rings. The number of H-pyrrole nitrogens is 1. The highest BCUT2D eigenvalue weighted by Crippen LogP contribution is 2.27. The van der Waals surface area contributed by atoms with Crippen LogP contribution in [0.15, 0.2) is 79.3 Å². The number of benzene rings is 2. The summed E-state index contributed by atoms with van der Waals surface area (Å²) in [5, 5.41) is 16.9. The molecule has 3 N–H and O–H groups in total. The Balaban J connectivity index is 1.41. The lowest BCUT2D eigenvalue weighted by atomic mass is 10.2. The predicted octanol–water partition coefficient (Wildman–Crippen LogP) is 5.08. The zero-order chi connectivity index (χ0) is 21.2. The van der Waals surface area contributed by atoms with Crippen molar-refractivity contribution in [1.82, 2.24) is 14.5 Å². The number of pyridine rings is 1. The minimum atomic E-state index is -0.397. The van der Waals surface area contributed by atoms with Gasteiger partial charge in [0.05, 0.1) is 22.5 Å². The van der Waals surface area contributed by atoms with Crippen LogP contribution < -0.4 is 10.6 Å². The van der Waals surface area contributed by atoms with E-state index in [1.165, 1.54) is 0 Å². The van der Waals surface area contributed by atoms with Crippen molar-refractivity contribution >= 4 is 39.3 Å². The third kappa shape index (κ3) is 3.47. The predicted molar refractivity (Wildman–Crippen MR) is 121 cm³/mol. The fourth-order valence-electron chi connectivity index (χ4n) is 3.78. The summed E-state index contributed by atoms with van der Waals surface area (Å²) >= 11 is 0. The summed E-state index contributed by atoms with van der Waals surface area (Å²) in [7, 11) is 0. The van der Waals surface area contributed by atoms with E-state index in [2.05, 4.69) is 31.2 Å². The van der Waals surface area contributed by atoms with Gasteiger partial charge >= 0.3 is 6.03 Å². The molecule has 0 bridgehead atoms. The quantitative estimate of drug-likeness (QED) is 0.388. The maximum atomic E-state index is 12.6. The van der Waals surface area contributed by atoms with Gasteiger partial charge in [-0.25, -0.2) is 9.78 Å². The Bertz CT molecular complexity index is 1460. The van der Waals surface area contributed by atoms with Crippen molar-refractivity contribution in [2.45, 2.75) is 6.54 Å². The first-order chi connectivity index (χ1) is 15.2. The molecule has 0 spiro atoms. The lowest BCUT2D eigenvalue weighted by Crippen LogP contribution is -2.20. The second-order valence-corrected chi connectivity index (χ2v) is 7.13. The van der Waals surface area contributed by atoms with Crippen molar-refractivity contribution in [3.8, 4) is 6.07 Å². The molecular formula is C24H18N6O. The zero-order valence-electron chi connectivity index (χ0n) is 16.5. The molecule has 7 heteroatoms. The Labute approximate surface area is 178 Å². The number of para-hydroxylation sites is 1. The number of hydrogen-bond acceptors (Lipinski definition) is 3. The van der Waals surface area contributed by atoms with Gasteiger partial charge in [0.2, 0.25) is 0 Å². The molecule has 0 aliphatic heterocycles. The van der Waals surface area contributed by atoms with Gasteiger partial charge in [-0.05, 0) is 48.0 Å². The largest absolute Gasteiger partial charge is 0.346 e. The SMILES string of the molecule is N#Cc1ccccc1NC(=O)Nc1cccc2c1ccn2Cc1ccnc2[nH]ccc12. The van der Waals surface area contributed by atoms with E-state index in [1.807, 2.05) is 48.8 Å². The number of carbonyl (C=O) groups is 1. The normalized spacial score (nSPS) is 10.8. The van der Waals surface area contributed by atoms with Crippen LogP contribution in [0.3, 0.4) is 0 Å². The van der Waals surface area contributed by atoms with Crippen LogP contribution in [0.4, 0.5) is 16.2 Å². The Morgan fingerprint density at radius 2 is 1.84 bits per heavy atom. The summed E-state index contributed by atoms with van der Waals surface area (Å²) < 4.78 is 2.14. The Morgan fingerprint density at radius 1 is 1.00 bits per heavy atom. The maximum Gasteiger partial charge on any atom is 0.323 e. The minimum absolute atomic E-state index is 0.397. The van der Waals surface area contributed by atoms with E-state index >= 15 is 0 Å². The fraction of sp³-hybridized carbons (Fsp3) is 0.0417. The van der Waals surface area contributed by atoms with E-state index in [-0.39, 0.29) is 0 Å². The van der Waals surface area contributed by atoms with Gasteiger partial charge in [0.25, 0.3) is 0 Å². The van der Waals surface area contributed by atoms with Gasteiger partial charge in [-0.15, -0.1) is 0 Å². The van der Waals surface area contributed by atoms with Crippen LogP contribution in [0.2, 0.25) is 0 Å². The van der Waals surface area contributed by atoms with Gasteiger partial charge in [-0.2, -0.15) is 5.26 Å². The molecule has 0 unspecified atom stereocenters. The van der Waals surface area contributed by atoms with Crippen LogP contribution in [0, 0.1) is 11.3 Å². The topological polar surface area (TPSA) is 98.5 Å². The molecule has 0 atom stereocenters. The van der Waals surface area contributed by atoms with Crippen LogP contribution in [0.25, 0.3) is 21.9 Å². The van der Waals surface area contributed by atoms with Crippen molar-refractivity contribution in [2.24, 2.45) is 0 Å². The third-order valence-electron chi connectivity index (χ3n) is 5.25. The molecule has 0 saturated heterocycles. The van der Waals surface area contributed by atoms with Crippen LogP contribution in [0.1, 0.15) is 11.1 Å². The van der Waals surface area contributed by atoms with Gasteiger partial charge in [0.15, 0.2) is 0 Å². The molecule has 0 fully saturated rings. The van der Waals surface area contributed by atoms with Crippen LogP contribution >= 0.6 is 0 Å². The molecule has 150 valence electrons. The van der Waals surface area contributed by atoms with E-state index in [0.29, 0.717) is 23.5 Å². The van der Waals surface area contributed by atoms with E-state index in [0.717, 1.165) is 27.5 Å². The number of nitrogens with one attached hydrogen (secondary N) is 3. The number of nitrogens with zero attached hydrogens (tertiary/aromatic N) is 3. The van der Waals surface area contributed by atoms with Gasteiger partial charge in [-0.1, -0.05) is 18.2 Å². The van der Waals surface area contributed by atoms with Crippen molar-refractivity contribution in [1.29, 1.82) is 5.26 Å². The van der Waals surface area contributed by atoms with E-state index in [1.54, 1.807) is 30.5 Å². The van der Waals surface area contributed by atoms with E-state index in [4.69, 9.17) is 0 Å². The lowest BCUT2D eigenvalue weighted by Gasteiger charge is -2.11. The monoisotopic (exact) mass is 406 g/mol. The number of amides is 2. The standard InChI is InChI=1S/C24H18N6O/c25-14-16-4-1-2-5-20(16)28-24(31)29-21-6-3-7-22-19(21)10-13-30(22)15-17-8-11-26-23-18(17)9-12-27-23/h1-13H,15H2,(H,26,27)(H2,28,29,31). The molecule has 3 heterocycles. The highest BCUT2D eigenvalue weighted by Gasteiger charge is 2.11. The molecule has 3 aromatic heterocycles. The number of carbonyl (C=O) groups excluding carboxylic acids is 1. The third-order valence-corrected chi connectivity index (χ3v) is 5.25. The summed E-state index contributed by atoms with van der Waals surface area (Å²) in [4.78, 5) is 20.0. The number of nitriles is 1. The maximum absolute atomic E-state index is 12.6. The summed E-state index contributed by atoms with van der Waals surface area (Å²) in [6.07, 6.45) is 5.70. The fourth-order valence-corrected chi connectivity index (χ4v) is 3.78. The summed E-state index contributed by atoms with van der Waals surface area (Å²) in [6, 6.07) is 20.4. The van der Waals surface area contributed by atoms with Gasteiger partial charge in [-0.3, -0.25) is 0 Å². The second-order valence-electron chi connectivity index (χ2n) is 7.13. The summed E-state index contributed by atoms with van der Waals surface area (Å²) in [5.41, 5.74) is 4.62. The number of fused-ring (bicyclic) bond motifs is 2. The molecule has 2 aromatic carbocycles. The first kappa shape index (κ1) is 18.5. The first-order valence-corrected chi connectivity index (χ1v) is 9.79. The average molecular weight is 406 g/mol. The average Bonchev–Trinajstić information content (AvgIpc) is 3.43. The number of anilines is 2. The van der Waals surface area contributed by atoms with Crippen molar-refractivity contribution in [2.75, 3.05) is 10.6 Å². The second kappa shape index (κ2) is 7.69. The van der Waals surface area contributed by atoms with Gasteiger partial charge in [0, 0.05) is 35.9 Å². The molecule has 31 heavy (non-hydrogen) atoms. The van der Waals surface area contributed by atoms with Gasteiger partial charge in [0.1, 0.15) is 11.7 Å². The van der Waals surface area contributed by atoms with Crippen LogP contribution in [-0.2, 0) is 6.54 Å². The molecule has 5 aromatic rings. The van der Waals surface area contributed by atoms with Crippen molar-refractivity contribution in [3.63, 3.8) is 0 Å². The van der Waals surface area contributed by atoms with E-state index in [9.17, 15) is 10.1 Å². The zero-order valence-corrected chi connectivity index (χ0v) is 16.5. The lowest BCUT2D eigenvalue weighted by molar-refractivity contribution is 0.262. The minimum Gasteiger partial charge on any atom is -0.346 e. The van der Waals surface area contributed by atoms with Gasteiger partial charge < -0.3 is 20.2 Å². The number of aromatic amines is 1. The highest BCUT2D eigenvalue weighted by atomic mass is 16.2. The Morgan fingerprint density at radius 3 is 2.74 bits per heavy atom. The molecule has 0 aliphatic carbocycles. The molecular weight excluding hydrogens is 388 g/mol. The molecule has 0 radical (unpaired) electrons. The Kier molecular flexibility index (Phi) is 4.58. The smallest absolute Gasteiger partial charge is 0.323 e. The van der Waals surface area contributed by atoms with Crippen LogP contribution in [0.5, 0.6) is 0 Å². The number of hydrogen-bond donors (Lipinski definition) is 3. The van der Waals surface area contributed by atoms with Crippen LogP contribution in [-0.4, -0.2) is 20.6 Å². The van der Waals surface area contributed by atoms with E-state index < -0.39 is 6.03 Å². The Hall–Kier alpha value is -4.57. The van der Waals surface area contributed by atoms with Crippen molar-refractivity contribution in [3.05, 3.63) is 90.4 Å². The highest BCUT2D eigenvalue weighted by molar-refractivity contribution is 6.06. The molecule has 0 saturated carbocycles. The number of rotatable bonds is 4. The molecule has 2 amide bonds. The number of aromatic nitrogens is 3. The molecule has 7 nitrogen and oxygen atoms in total. The summed E-state index contributed by atoms with van der Waals surface area (Å²) in [5.74, 6) is 0. The molecule has 5 rings (SSSR count).